The van der Waals surface area contributed by atoms with Crippen molar-refractivity contribution in [2.75, 3.05) is 7.11 Å². The number of carbonyl (C=O) groups excluding carboxylic acids is 1. The van der Waals surface area contributed by atoms with Gasteiger partial charge in [0.1, 0.15) is 5.75 Å². The van der Waals surface area contributed by atoms with Crippen LogP contribution in [0.3, 0.4) is 0 Å². The molecule has 0 spiro atoms. The zero-order valence-electron chi connectivity index (χ0n) is 17.0. The normalized spacial score (nSPS) is 18.6. The fourth-order valence-corrected chi connectivity index (χ4v) is 3.74. The minimum absolute atomic E-state index is 0.140. The molecule has 0 unspecified atom stereocenters. The Hall–Kier alpha value is -3.35. The summed E-state index contributed by atoms with van der Waals surface area (Å²) in [4.78, 5) is 12.2. The standard InChI is InChI=1S/C23H26N4O3/c1-29-20-13-7-16(8-14-20)15-24-23(28)25-19-11-9-18(10-12-19)22-27-26-21(30-22)17-5-3-2-4-6-17/h2-8,13-14,18-19H,9-12,15H2,1H3,(H2,24,25,28). The number of nitrogens with one attached hydrogen (secondary N) is 2. The van der Waals surface area contributed by atoms with E-state index in [9.17, 15) is 4.79 Å². The van der Waals surface area contributed by atoms with Crippen LogP contribution in [0.5, 0.6) is 5.75 Å². The Bertz CT molecular complexity index is 948. The number of hydrogen-bond donors (Lipinski definition) is 2. The molecule has 0 radical (unpaired) electrons. The Labute approximate surface area is 175 Å². The largest absolute Gasteiger partial charge is 0.497 e. The van der Waals surface area contributed by atoms with Crippen LogP contribution in [0, 0.1) is 0 Å². The van der Waals surface area contributed by atoms with Gasteiger partial charge in [-0.2, -0.15) is 0 Å². The van der Waals surface area contributed by atoms with Gasteiger partial charge < -0.3 is 19.8 Å². The Morgan fingerprint density at radius 3 is 2.47 bits per heavy atom. The van der Waals surface area contributed by atoms with E-state index in [-0.39, 0.29) is 18.0 Å². The molecule has 156 valence electrons. The third-order valence-electron chi connectivity index (χ3n) is 5.49. The fraction of sp³-hybridized carbons (Fsp3) is 0.348. The van der Waals surface area contributed by atoms with E-state index in [1.165, 1.54) is 0 Å². The van der Waals surface area contributed by atoms with Gasteiger partial charge in [-0.05, 0) is 55.5 Å². The van der Waals surface area contributed by atoms with Gasteiger partial charge >= 0.3 is 6.03 Å². The molecule has 0 atom stereocenters. The molecule has 4 rings (SSSR count). The van der Waals surface area contributed by atoms with Crippen LogP contribution in [0.4, 0.5) is 4.79 Å². The molecule has 1 aromatic heterocycles. The van der Waals surface area contributed by atoms with E-state index in [1.807, 2.05) is 54.6 Å². The van der Waals surface area contributed by atoms with Gasteiger partial charge in [0.25, 0.3) is 0 Å². The number of urea groups is 1. The first kappa shape index (κ1) is 19.9. The summed E-state index contributed by atoms with van der Waals surface area (Å²) in [5.74, 6) is 2.30. The number of benzene rings is 2. The number of nitrogens with zero attached hydrogens (tertiary/aromatic N) is 2. The molecule has 0 bridgehead atoms. The van der Waals surface area contributed by atoms with Gasteiger partial charge in [0.05, 0.1) is 7.11 Å². The molecule has 1 saturated carbocycles. The Kier molecular flexibility index (Phi) is 6.27. The minimum atomic E-state index is -0.140. The van der Waals surface area contributed by atoms with Gasteiger partial charge in [0.15, 0.2) is 0 Å². The summed E-state index contributed by atoms with van der Waals surface area (Å²) in [6.07, 6.45) is 3.62. The molecule has 0 aliphatic heterocycles. The number of carbonyl (C=O) groups is 1. The maximum absolute atomic E-state index is 12.2. The molecule has 2 aromatic carbocycles. The number of aromatic nitrogens is 2. The van der Waals surface area contributed by atoms with E-state index < -0.39 is 0 Å². The van der Waals surface area contributed by atoms with E-state index in [4.69, 9.17) is 9.15 Å². The average Bonchev–Trinajstić information content (AvgIpc) is 3.29. The van der Waals surface area contributed by atoms with Crippen molar-refractivity contribution in [1.29, 1.82) is 0 Å². The fourth-order valence-electron chi connectivity index (χ4n) is 3.74. The van der Waals surface area contributed by atoms with Crippen molar-refractivity contribution in [2.24, 2.45) is 0 Å². The first-order valence-electron chi connectivity index (χ1n) is 10.3. The summed E-state index contributed by atoms with van der Waals surface area (Å²) < 4.78 is 11.0. The molecular formula is C23H26N4O3. The highest BCUT2D eigenvalue weighted by molar-refractivity contribution is 5.74. The molecule has 1 heterocycles. The van der Waals surface area contributed by atoms with Crippen molar-refractivity contribution in [2.45, 2.75) is 44.2 Å². The quantitative estimate of drug-likeness (QED) is 0.638. The number of rotatable bonds is 6. The molecule has 2 N–H and O–H groups in total. The lowest BCUT2D eigenvalue weighted by Crippen LogP contribution is -2.43. The molecule has 3 aromatic rings. The highest BCUT2D eigenvalue weighted by atomic mass is 16.5. The third-order valence-corrected chi connectivity index (χ3v) is 5.49. The van der Waals surface area contributed by atoms with Crippen molar-refractivity contribution >= 4 is 6.03 Å². The second-order valence-corrected chi connectivity index (χ2v) is 7.54. The molecule has 1 fully saturated rings. The molecular weight excluding hydrogens is 380 g/mol. The van der Waals surface area contributed by atoms with Gasteiger partial charge in [0, 0.05) is 24.1 Å². The van der Waals surface area contributed by atoms with Crippen LogP contribution in [-0.4, -0.2) is 29.4 Å². The van der Waals surface area contributed by atoms with Gasteiger partial charge in [-0.15, -0.1) is 10.2 Å². The third kappa shape index (κ3) is 4.97. The highest BCUT2D eigenvalue weighted by Crippen LogP contribution is 2.33. The summed E-state index contributed by atoms with van der Waals surface area (Å²) in [7, 11) is 1.64. The lowest BCUT2D eigenvalue weighted by molar-refractivity contribution is 0.229. The van der Waals surface area contributed by atoms with Crippen LogP contribution in [-0.2, 0) is 6.54 Å². The van der Waals surface area contributed by atoms with E-state index in [0.29, 0.717) is 18.3 Å². The highest BCUT2D eigenvalue weighted by Gasteiger charge is 2.27. The van der Waals surface area contributed by atoms with Crippen molar-refractivity contribution < 1.29 is 13.9 Å². The number of ether oxygens (including phenoxy) is 1. The van der Waals surface area contributed by atoms with Crippen LogP contribution >= 0.6 is 0 Å². The number of hydrogen-bond acceptors (Lipinski definition) is 5. The summed E-state index contributed by atoms with van der Waals surface area (Å²) in [6.45, 7) is 0.482. The van der Waals surface area contributed by atoms with Crippen molar-refractivity contribution in [3.05, 3.63) is 66.1 Å². The summed E-state index contributed by atoms with van der Waals surface area (Å²) >= 11 is 0. The van der Waals surface area contributed by atoms with Crippen LogP contribution in [0.2, 0.25) is 0 Å². The molecule has 1 aliphatic rings. The van der Waals surface area contributed by atoms with E-state index in [2.05, 4.69) is 20.8 Å². The lowest BCUT2D eigenvalue weighted by atomic mass is 9.86. The van der Waals surface area contributed by atoms with Gasteiger partial charge in [-0.1, -0.05) is 30.3 Å². The topological polar surface area (TPSA) is 89.3 Å². The molecule has 30 heavy (non-hydrogen) atoms. The van der Waals surface area contributed by atoms with Crippen LogP contribution in [0.1, 0.15) is 43.1 Å². The van der Waals surface area contributed by atoms with Crippen molar-refractivity contribution in [1.82, 2.24) is 20.8 Å². The lowest BCUT2D eigenvalue weighted by Gasteiger charge is -2.27. The average molecular weight is 406 g/mol. The first-order chi connectivity index (χ1) is 14.7. The summed E-state index contributed by atoms with van der Waals surface area (Å²) in [5, 5.41) is 14.4. The summed E-state index contributed by atoms with van der Waals surface area (Å²) in [5.41, 5.74) is 1.96. The Morgan fingerprint density at radius 2 is 1.77 bits per heavy atom. The number of amides is 2. The smallest absolute Gasteiger partial charge is 0.315 e. The predicted octanol–water partition coefficient (Wildman–Crippen LogP) is 4.27. The molecule has 2 amide bonds. The molecule has 0 saturated heterocycles. The van der Waals surface area contributed by atoms with Crippen molar-refractivity contribution in [3.8, 4) is 17.2 Å². The monoisotopic (exact) mass is 406 g/mol. The maximum Gasteiger partial charge on any atom is 0.315 e. The van der Waals surface area contributed by atoms with Gasteiger partial charge in [0.2, 0.25) is 11.8 Å². The van der Waals surface area contributed by atoms with Gasteiger partial charge in [-0.3, -0.25) is 0 Å². The first-order valence-corrected chi connectivity index (χ1v) is 10.3. The van der Waals surface area contributed by atoms with Crippen LogP contribution < -0.4 is 15.4 Å². The maximum atomic E-state index is 12.2. The SMILES string of the molecule is COc1ccc(CNC(=O)NC2CCC(c3nnc(-c4ccccc4)o3)CC2)cc1. The van der Waals surface area contributed by atoms with Gasteiger partial charge in [-0.25, -0.2) is 4.79 Å². The summed E-state index contributed by atoms with van der Waals surface area (Å²) in [6, 6.07) is 17.5. The molecule has 7 nitrogen and oxygen atoms in total. The van der Waals surface area contributed by atoms with Crippen LogP contribution in [0.25, 0.3) is 11.5 Å². The molecule has 7 heteroatoms. The van der Waals surface area contributed by atoms with E-state index in [0.717, 1.165) is 42.6 Å². The predicted molar refractivity (Wildman–Crippen MR) is 113 cm³/mol. The van der Waals surface area contributed by atoms with E-state index >= 15 is 0 Å². The zero-order chi connectivity index (χ0) is 20.8. The minimum Gasteiger partial charge on any atom is -0.497 e. The second kappa shape index (κ2) is 9.43. The Morgan fingerprint density at radius 1 is 1.03 bits per heavy atom. The van der Waals surface area contributed by atoms with E-state index in [1.54, 1.807) is 7.11 Å². The van der Waals surface area contributed by atoms with Crippen LogP contribution in [0.15, 0.2) is 59.0 Å². The molecule has 1 aliphatic carbocycles. The van der Waals surface area contributed by atoms with Crippen molar-refractivity contribution in [3.63, 3.8) is 0 Å². The zero-order valence-corrected chi connectivity index (χ0v) is 17.0. The second-order valence-electron chi connectivity index (χ2n) is 7.54. The number of methoxy groups -OCH3 is 1. The Balaban J connectivity index is 1.22.